The zero-order valence-corrected chi connectivity index (χ0v) is 13.2. The number of hydrogen-bond donors (Lipinski definition) is 0. The lowest BCUT2D eigenvalue weighted by molar-refractivity contribution is 0.302. The summed E-state index contributed by atoms with van der Waals surface area (Å²) in [7, 11) is 0. The highest BCUT2D eigenvalue weighted by molar-refractivity contribution is 6.20. The van der Waals surface area contributed by atoms with Crippen molar-refractivity contribution in [3.63, 3.8) is 0 Å². The van der Waals surface area contributed by atoms with E-state index in [1.807, 2.05) is 31.2 Å². The van der Waals surface area contributed by atoms with Crippen molar-refractivity contribution in [1.29, 1.82) is 0 Å². The first kappa shape index (κ1) is 15.0. The van der Waals surface area contributed by atoms with Crippen molar-refractivity contribution in [2.24, 2.45) is 0 Å². The van der Waals surface area contributed by atoms with Crippen LogP contribution in [0.25, 0.3) is 10.9 Å². The van der Waals surface area contributed by atoms with Gasteiger partial charge in [-0.05, 0) is 39.3 Å². The minimum absolute atomic E-state index is 0.00319. The summed E-state index contributed by atoms with van der Waals surface area (Å²) in [6.07, 6.45) is 1.91. The summed E-state index contributed by atoms with van der Waals surface area (Å²) in [4.78, 5) is 17.5. The zero-order chi connectivity index (χ0) is 14.9. The Hall–Kier alpha value is -1.35. The first-order valence-corrected chi connectivity index (χ1v) is 7.48. The molecule has 0 radical (unpaired) electrons. The van der Waals surface area contributed by atoms with Crippen LogP contribution in [0.15, 0.2) is 29.1 Å². The van der Waals surface area contributed by atoms with E-state index in [1.165, 1.54) is 0 Å². The molecule has 3 nitrogen and oxygen atoms in total. The van der Waals surface area contributed by atoms with Gasteiger partial charge in [0.05, 0.1) is 16.3 Å². The predicted octanol–water partition coefficient (Wildman–Crippen LogP) is 4.23. The molecular formula is C16H21ClN2O. The van der Waals surface area contributed by atoms with Crippen molar-refractivity contribution in [3.8, 4) is 0 Å². The van der Waals surface area contributed by atoms with Crippen molar-refractivity contribution < 1.29 is 0 Å². The number of hydrogen-bond acceptors (Lipinski definition) is 2. The van der Waals surface area contributed by atoms with Crippen LogP contribution in [0.2, 0.25) is 0 Å². The Bertz CT molecular complexity index is 674. The molecule has 0 spiro atoms. The van der Waals surface area contributed by atoms with Crippen LogP contribution in [0.3, 0.4) is 0 Å². The largest absolute Gasteiger partial charge is 0.289 e. The van der Waals surface area contributed by atoms with Gasteiger partial charge in [0.15, 0.2) is 0 Å². The monoisotopic (exact) mass is 292 g/mol. The number of fused-ring (bicyclic) bond motifs is 1. The van der Waals surface area contributed by atoms with Crippen molar-refractivity contribution in [1.82, 2.24) is 9.55 Å². The minimum Gasteiger partial charge on any atom is -0.289 e. The number of aromatic nitrogens is 2. The number of para-hydroxylation sites is 1. The average Bonchev–Trinajstić information content (AvgIpc) is 2.38. The summed E-state index contributed by atoms with van der Waals surface area (Å²) in [6.45, 7) is 8.11. The third-order valence-electron chi connectivity index (χ3n) is 3.62. The molecule has 1 unspecified atom stereocenters. The SMILES string of the molecule is CCCC(C)(C)n1c(C(C)Cl)nc2ccccc2c1=O. The third-order valence-corrected chi connectivity index (χ3v) is 3.82. The Morgan fingerprint density at radius 3 is 2.60 bits per heavy atom. The second-order valence-corrected chi connectivity index (χ2v) is 6.46. The van der Waals surface area contributed by atoms with Crippen LogP contribution in [-0.4, -0.2) is 9.55 Å². The van der Waals surface area contributed by atoms with Crippen LogP contribution in [0.4, 0.5) is 0 Å². The number of benzene rings is 1. The summed E-state index contributed by atoms with van der Waals surface area (Å²) in [5.74, 6) is 0.647. The molecule has 1 aromatic heterocycles. The molecule has 2 rings (SSSR count). The Morgan fingerprint density at radius 1 is 1.35 bits per heavy atom. The fraction of sp³-hybridized carbons (Fsp3) is 0.500. The quantitative estimate of drug-likeness (QED) is 0.790. The normalized spacial score (nSPS) is 13.7. The Kier molecular flexibility index (Phi) is 4.19. The van der Waals surface area contributed by atoms with Gasteiger partial charge in [-0.3, -0.25) is 9.36 Å². The van der Waals surface area contributed by atoms with Crippen LogP contribution in [0, 0.1) is 0 Å². The molecule has 0 N–H and O–H groups in total. The number of rotatable bonds is 4. The summed E-state index contributed by atoms with van der Waals surface area (Å²) >= 11 is 6.26. The highest BCUT2D eigenvalue weighted by atomic mass is 35.5. The standard InChI is InChI=1S/C16H21ClN2O/c1-5-10-16(3,4)19-14(11(2)17)18-13-9-7-6-8-12(13)15(19)20/h6-9,11H,5,10H2,1-4H3. The van der Waals surface area contributed by atoms with E-state index in [4.69, 9.17) is 11.6 Å². The van der Waals surface area contributed by atoms with Crippen molar-refractivity contribution in [3.05, 3.63) is 40.4 Å². The maximum absolute atomic E-state index is 12.8. The van der Waals surface area contributed by atoms with Crippen LogP contribution in [0.1, 0.15) is 51.7 Å². The molecule has 0 saturated carbocycles. The van der Waals surface area contributed by atoms with E-state index in [9.17, 15) is 4.79 Å². The van der Waals surface area contributed by atoms with Gasteiger partial charge in [-0.15, -0.1) is 11.6 Å². The topological polar surface area (TPSA) is 34.9 Å². The van der Waals surface area contributed by atoms with E-state index >= 15 is 0 Å². The predicted molar refractivity (Wildman–Crippen MR) is 84.5 cm³/mol. The van der Waals surface area contributed by atoms with Crippen LogP contribution < -0.4 is 5.56 Å². The third kappa shape index (κ3) is 2.59. The molecule has 0 aliphatic rings. The summed E-state index contributed by atoms with van der Waals surface area (Å²) in [5, 5.41) is 0.348. The highest BCUT2D eigenvalue weighted by Crippen LogP contribution is 2.27. The van der Waals surface area contributed by atoms with E-state index in [1.54, 1.807) is 4.57 Å². The van der Waals surface area contributed by atoms with Gasteiger partial charge < -0.3 is 0 Å². The molecule has 0 bridgehead atoms. The average molecular weight is 293 g/mol. The van der Waals surface area contributed by atoms with E-state index in [0.29, 0.717) is 16.7 Å². The molecule has 1 heterocycles. The molecule has 1 aromatic carbocycles. The van der Waals surface area contributed by atoms with Crippen molar-refractivity contribution in [2.75, 3.05) is 0 Å². The molecule has 108 valence electrons. The molecule has 20 heavy (non-hydrogen) atoms. The Labute approximate surface area is 124 Å². The molecular weight excluding hydrogens is 272 g/mol. The molecule has 0 aliphatic heterocycles. The van der Waals surface area contributed by atoms with Gasteiger partial charge in [-0.2, -0.15) is 0 Å². The lowest BCUT2D eigenvalue weighted by atomic mass is 9.97. The van der Waals surface area contributed by atoms with Gasteiger partial charge in [0.2, 0.25) is 0 Å². The zero-order valence-electron chi connectivity index (χ0n) is 12.5. The lowest BCUT2D eigenvalue weighted by Gasteiger charge is -2.30. The van der Waals surface area contributed by atoms with Crippen molar-refractivity contribution in [2.45, 2.75) is 51.5 Å². The highest BCUT2D eigenvalue weighted by Gasteiger charge is 2.26. The van der Waals surface area contributed by atoms with Gasteiger partial charge in [0, 0.05) is 5.54 Å². The number of alkyl halides is 1. The van der Waals surface area contributed by atoms with Gasteiger partial charge in [0.1, 0.15) is 5.82 Å². The van der Waals surface area contributed by atoms with E-state index in [-0.39, 0.29) is 16.5 Å². The van der Waals surface area contributed by atoms with Gasteiger partial charge in [-0.1, -0.05) is 25.5 Å². The fourth-order valence-electron chi connectivity index (χ4n) is 2.73. The second kappa shape index (κ2) is 5.57. The smallest absolute Gasteiger partial charge is 0.261 e. The van der Waals surface area contributed by atoms with Crippen molar-refractivity contribution >= 4 is 22.5 Å². The maximum atomic E-state index is 12.8. The van der Waals surface area contributed by atoms with E-state index < -0.39 is 0 Å². The second-order valence-electron chi connectivity index (χ2n) is 5.81. The first-order valence-electron chi connectivity index (χ1n) is 7.04. The molecule has 1 atom stereocenters. The first-order chi connectivity index (χ1) is 9.38. The lowest BCUT2D eigenvalue weighted by Crippen LogP contribution is -2.39. The molecule has 0 aliphatic carbocycles. The molecule has 0 saturated heterocycles. The molecule has 0 amide bonds. The summed E-state index contributed by atoms with van der Waals surface area (Å²) in [6, 6.07) is 7.44. The molecule has 2 aromatic rings. The van der Waals surface area contributed by atoms with E-state index in [0.717, 1.165) is 12.8 Å². The van der Waals surface area contributed by atoms with Crippen LogP contribution in [-0.2, 0) is 5.54 Å². The van der Waals surface area contributed by atoms with Gasteiger partial charge >= 0.3 is 0 Å². The van der Waals surface area contributed by atoms with Crippen LogP contribution in [0.5, 0.6) is 0 Å². The fourth-order valence-corrected chi connectivity index (χ4v) is 2.87. The Balaban J connectivity index is 2.83. The number of nitrogens with zero attached hydrogens (tertiary/aromatic N) is 2. The molecule has 4 heteroatoms. The minimum atomic E-state index is -0.302. The van der Waals surface area contributed by atoms with Crippen LogP contribution >= 0.6 is 11.6 Å². The Morgan fingerprint density at radius 2 is 2.00 bits per heavy atom. The number of halogens is 1. The molecule has 0 fully saturated rings. The summed E-state index contributed by atoms with van der Waals surface area (Å²) < 4.78 is 1.77. The van der Waals surface area contributed by atoms with Gasteiger partial charge in [0.25, 0.3) is 5.56 Å². The summed E-state index contributed by atoms with van der Waals surface area (Å²) in [5.41, 5.74) is 0.418. The van der Waals surface area contributed by atoms with E-state index in [2.05, 4.69) is 25.8 Å². The maximum Gasteiger partial charge on any atom is 0.261 e. The van der Waals surface area contributed by atoms with Gasteiger partial charge in [-0.25, -0.2) is 4.98 Å².